The van der Waals surface area contributed by atoms with E-state index in [0.717, 1.165) is 88.1 Å². The van der Waals surface area contributed by atoms with Crippen molar-refractivity contribution in [2.24, 2.45) is 11.8 Å². The number of halogens is 1. The molecule has 0 bridgehead atoms. The van der Waals surface area contributed by atoms with Gasteiger partial charge in [0.25, 0.3) is 5.91 Å². The zero-order chi connectivity index (χ0) is 54.1. The SMILES string of the molecule is Cc1ncsc1-c1ccc(CNC(=O)[C@@H]2CCCN2C(=O)C(C(C)C)N2Cc3ccccc3C2=O)c(OCCCOCCCCOCCCOc2ccc(Nc3ncc(Br)c(NCCCN(C)C(=O)C4CCC4)n3)cc2)c1. The number of benzene rings is 3. The number of likely N-dealkylation sites (tertiary alicyclic amines) is 1. The minimum atomic E-state index is -0.667. The molecule has 2 fully saturated rings. The predicted octanol–water partition coefficient (Wildman–Crippen LogP) is 9.81. The molecule has 0 radical (unpaired) electrons. The first-order valence-corrected chi connectivity index (χ1v) is 28.9. The number of amides is 4. The molecule has 5 aromatic rings. The Kier molecular flexibility index (Phi) is 21.1. The lowest BCUT2D eigenvalue weighted by atomic mass is 9.84. The molecule has 2 aromatic heterocycles. The number of anilines is 3. The molecule has 3 aliphatic rings. The van der Waals surface area contributed by atoms with Crippen LogP contribution < -0.4 is 25.4 Å². The largest absolute Gasteiger partial charge is 0.494 e. The topological polar surface area (TPSA) is 190 Å². The average molecular weight is 1140 g/mol. The molecule has 3 N–H and O–H groups in total. The van der Waals surface area contributed by atoms with Crippen molar-refractivity contribution in [1.82, 2.24) is 35.0 Å². The van der Waals surface area contributed by atoms with Crippen LogP contribution in [0.1, 0.15) is 105 Å². The molecule has 19 heteroatoms. The Morgan fingerprint density at radius 2 is 1.61 bits per heavy atom. The van der Waals surface area contributed by atoms with Crippen molar-refractivity contribution in [1.29, 1.82) is 0 Å². The first-order chi connectivity index (χ1) is 37.4. The summed E-state index contributed by atoms with van der Waals surface area (Å²) < 4.78 is 24.9. The van der Waals surface area contributed by atoms with E-state index in [1.165, 1.54) is 0 Å². The molecular formula is C58H74BrN9O8S. The molecule has 0 spiro atoms. The molecule has 1 unspecified atom stereocenters. The van der Waals surface area contributed by atoms with Crippen LogP contribution in [0.4, 0.5) is 17.5 Å². The normalized spacial score (nSPS) is 15.6. The number of hydrogen-bond acceptors (Lipinski definition) is 14. The molecule has 1 aliphatic carbocycles. The maximum absolute atomic E-state index is 14.2. The fourth-order valence-corrected chi connectivity index (χ4v) is 11.0. The fourth-order valence-electron chi connectivity index (χ4n) is 9.83. The van der Waals surface area contributed by atoms with Crippen molar-refractivity contribution in [2.75, 3.05) is 77.0 Å². The summed E-state index contributed by atoms with van der Waals surface area (Å²) in [7, 11) is 1.88. The molecule has 8 rings (SSSR count). The number of nitrogens with zero attached hydrogens (tertiary/aromatic N) is 6. The lowest BCUT2D eigenvalue weighted by molar-refractivity contribution is -0.143. The van der Waals surface area contributed by atoms with Gasteiger partial charge >= 0.3 is 0 Å². The van der Waals surface area contributed by atoms with E-state index in [-0.39, 0.29) is 42.0 Å². The van der Waals surface area contributed by atoms with E-state index in [0.29, 0.717) is 108 Å². The lowest BCUT2D eigenvalue weighted by Gasteiger charge is -2.35. The highest BCUT2D eigenvalue weighted by atomic mass is 79.9. The van der Waals surface area contributed by atoms with Crippen LogP contribution in [0.15, 0.2) is 82.9 Å². The number of nitrogens with one attached hydrogen (secondary N) is 3. The zero-order valence-electron chi connectivity index (χ0n) is 44.9. The van der Waals surface area contributed by atoms with Crippen molar-refractivity contribution in [3.8, 4) is 21.9 Å². The van der Waals surface area contributed by atoms with Gasteiger partial charge in [0.2, 0.25) is 23.7 Å². The zero-order valence-corrected chi connectivity index (χ0v) is 47.3. The molecule has 1 saturated carbocycles. The first kappa shape index (κ1) is 57.0. The monoisotopic (exact) mass is 1140 g/mol. The molecule has 4 heterocycles. The maximum atomic E-state index is 14.2. The van der Waals surface area contributed by atoms with Crippen LogP contribution in [-0.4, -0.2) is 132 Å². The summed E-state index contributed by atoms with van der Waals surface area (Å²) in [5, 5.41) is 9.72. The van der Waals surface area contributed by atoms with Gasteiger partial charge in [-0.3, -0.25) is 19.2 Å². The summed E-state index contributed by atoms with van der Waals surface area (Å²) in [4.78, 5) is 73.7. The van der Waals surface area contributed by atoms with Gasteiger partial charge in [-0.2, -0.15) is 4.98 Å². The van der Waals surface area contributed by atoms with Crippen LogP contribution in [0.25, 0.3) is 10.4 Å². The average Bonchev–Trinajstić information content (AvgIpc) is 4.20. The molecular weight excluding hydrogens is 1060 g/mol. The van der Waals surface area contributed by atoms with E-state index in [1.807, 2.05) is 105 Å². The lowest BCUT2D eigenvalue weighted by Crippen LogP contribution is -2.55. The van der Waals surface area contributed by atoms with Gasteiger partial charge in [0.1, 0.15) is 29.4 Å². The summed E-state index contributed by atoms with van der Waals surface area (Å²) in [6.45, 7) is 11.8. The number of unbranched alkanes of at least 4 members (excludes halogenated alkanes) is 1. The van der Waals surface area contributed by atoms with Crippen molar-refractivity contribution in [3.63, 3.8) is 0 Å². The van der Waals surface area contributed by atoms with Gasteiger partial charge < -0.3 is 49.6 Å². The number of carbonyl (C=O) groups excluding carboxylic acids is 4. The van der Waals surface area contributed by atoms with Crippen molar-refractivity contribution in [3.05, 3.63) is 105 Å². The number of thiazole rings is 1. The predicted molar refractivity (Wildman–Crippen MR) is 302 cm³/mol. The number of carbonyl (C=O) groups is 4. The number of hydrogen-bond donors (Lipinski definition) is 3. The first-order valence-electron chi connectivity index (χ1n) is 27.2. The third-order valence-corrected chi connectivity index (χ3v) is 15.9. The highest BCUT2D eigenvalue weighted by Gasteiger charge is 2.44. The summed E-state index contributed by atoms with van der Waals surface area (Å²) in [5.41, 5.74) is 6.99. The third-order valence-electron chi connectivity index (χ3n) is 14.3. The van der Waals surface area contributed by atoms with E-state index in [4.69, 9.17) is 18.9 Å². The third kappa shape index (κ3) is 15.5. The van der Waals surface area contributed by atoms with Crippen LogP contribution in [0.5, 0.6) is 11.5 Å². The molecule has 412 valence electrons. The highest BCUT2D eigenvalue weighted by Crippen LogP contribution is 2.34. The van der Waals surface area contributed by atoms with Crippen LogP contribution in [0.2, 0.25) is 0 Å². The van der Waals surface area contributed by atoms with Crippen LogP contribution >= 0.6 is 27.3 Å². The highest BCUT2D eigenvalue weighted by molar-refractivity contribution is 9.10. The van der Waals surface area contributed by atoms with Crippen LogP contribution in [-0.2, 0) is 36.9 Å². The Bertz CT molecular complexity index is 2760. The van der Waals surface area contributed by atoms with E-state index in [9.17, 15) is 19.2 Å². The Hall–Kier alpha value is -6.15. The molecule has 2 atom stereocenters. The Morgan fingerprint density at radius 1 is 0.870 bits per heavy atom. The van der Waals surface area contributed by atoms with Crippen molar-refractivity contribution in [2.45, 2.75) is 110 Å². The second-order valence-corrected chi connectivity index (χ2v) is 22.0. The summed E-state index contributed by atoms with van der Waals surface area (Å²) >= 11 is 5.11. The van der Waals surface area contributed by atoms with E-state index in [2.05, 4.69) is 46.8 Å². The molecule has 1 saturated heterocycles. The van der Waals surface area contributed by atoms with Gasteiger partial charge in [0, 0.05) is 108 Å². The summed E-state index contributed by atoms with van der Waals surface area (Å²) in [6.07, 6.45) is 10.2. The minimum Gasteiger partial charge on any atom is -0.494 e. The van der Waals surface area contributed by atoms with E-state index < -0.39 is 12.1 Å². The number of fused-ring (bicyclic) bond motifs is 1. The number of ether oxygens (including phenoxy) is 4. The van der Waals surface area contributed by atoms with Gasteiger partial charge in [-0.05, 0) is 121 Å². The van der Waals surface area contributed by atoms with Crippen LogP contribution in [0, 0.1) is 18.8 Å². The van der Waals surface area contributed by atoms with Crippen molar-refractivity contribution >= 4 is 68.3 Å². The number of aromatic nitrogens is 3. The van der Waals surface area contributed by atoms with Gasteiger partial charge in [-0.15, -0.1) is 11.3 Å². The fraction of sp³-hybridized carbons (Fsp3) is 0.500. The molecule has 4 amide bonds. The van der Waals surface area contributed by atoms with E-state index in [1.54, 1.807) is 27.3 Å². The Labute approximate surface area is 465 Å². The second kappa shape index (κ2) is 28.5. The van der Waals surface area contributed by atoms with Gasteiger partial charge in [-0.1, -0.05) is 50.6 Å². The summed E-state index contributed by atoms with van der Waals surface area (Å²) in [6, 6.07) is 19.9. The summed E-state index contributed by atoms with van der Waals surface area (Å²) in [5.74, 6) is 2.41. The second-order valence-electron chi connectivity index (χ2n) is 20.3. The van der Waals surface area contributed by atoms with Crippen LogP contribution in [0.3, 0.4) is 0 Å². The molecule has 17 nitrogen and oxygen atoms in total. The standard InChI is InChI=1S/C58H74BrN9O8S/c1-39(2)51(68-37-44-14-5-6-17-47(44)56(68)71)57(72)67-27-10-18-49(67)54(69)61-35-43-20-19-42(52-40(3)63-38-77-52)34-50(43)76-33-13-31-74-29-8-7-28-73-30-12-32-75-46-23-21-45(22-24-46)64-58-62-36-48(59)53(65-58)60-25-11-26-66(4)55(70)41-15-9-16-41/h5-6,14,17,19-24,34,36,38-39,41,49,51H,7-13,15-16,18,25-33,35,37H2,1-4H3,(H,61,69)(H2,60,62,64,65)/t49-,51?/m0/s1. The number of aryl methyl sites for hydroxylation is 1. The number of rotatable bonds is 30. The smallest absolute Gasteiger partial charge is 0.255 e. The minimum absolute atomic E-state index is 0.132. The Balaban J connectivity index is 0.689. The molecule has 77 heavy (non-hydrogen) atoms. The molecule has 2 aliphatic heterocycles. The quantitative estimate of drug-likeness (QED) is 0.0369. The van der Waals surface area contributed by atoms with E-state index >= 15 is 0 Å². The van der Waals surface area contributed by atoms with Gasteiger partial charge in [-0.25, -0.2) is 9.97 Å². The Morgan fingerprint density at radius 3 is 2.31 bits per heavy atom. The maximum Gasteiger partial charge on any atom is 0.255 e. The molecule has 3 aromatic carbocycles. The van der Waals surface area contributed by atoms with Crippen molar-refractivity contribution < 1.29 is 38.1 Å². The van der Waals surface area contributed by atoms with Gasteiger partial charge in [0.05, 0.1) is 33.8 Å². The van der Waals surface area contributed by atoms with Gasteiger partial charge in [0.15, 0.2) is 0 Å².